The highest BCUT2D eigenvalue weighted by Gasteiger charge is 2.23. The lowest BCUT2D eigenvalue weighted by molar-refractivity contribution is -0.133. The first-order valence-corrected chi connectivity index (χ1v) is 11.2. The van der Waals surface area contributed by atoms with Crippen molar-refractivity contribution in [2.75, 3.05) is 20.8 Å². The number of nitrogens with zero attached hydrogens (tertiary/aromatic N) is 3. The Kier molecular flexibility index (Phi) is 6.85. The fraction of sp³-hybridized carbons (Fsp3) is 0.160. The number of thiophene rings is 1. The molecule has 0 fully saturated rings. The minimum Gasteiger partial charge on any atom is -0.496 e. The minimum atomic E-state index is -0.629. The van der Waals surface area contributed by atoms with Crippen molar-refractivity contribution < 1.29 is 19.1 Å². The standard InChI is InChI=1S/C25H23N3O4S/c1-27(15-19-11-8-14-33-19)23(29)17-32-25(30)21-16-28(18-9-4-3-5-10-18)26-24(21)20-12-6-7-13-22(20)31-2/h3-14,16H,15,17H2,1-2H3. The van der Waals surface area contributed by atoms with Gasteiger partial charge in [0.25, 0.3) is 5.91 Å². The number of ether oxygens (including phenoxy) is 2. The van der Waals surface area contributed by atoms with Crippen molar-refractivity contribution in [2.45, 2.75) is 6.54 Å². The van der Waals surface area contributed by atoms with Crippen LogP contribution in [0.2, 0.25) is 0 Å². The average Bonchev–Trinajstić information content (AvgIpc) is 3.53. The van der Waals surface area contributed by atoms with Gasteiger partial charge in [-0.25, -0.2) is 9.48 Å². The highest BCUT2D eigenvalue weighted by molar-refractivity contribution is 7.09. The molecule has 0 unspecified atom stereocenters. The molecule has 4 aromatic rings. The second kappa shape index (κ2) is 10.1. The zero-order chi connectivity index (χ0) is 23.2. The molecule has 33 heavy (non-hydrogen) atoms. The predicted molar refractivity (Wildman–Crippen MR) is 127 cm³/mol. The van der Waals surface area contributed by atoms with Crippen LogP contribution in [0.3, 0.4) is 0 Å². The van der Waals surface area contributed by atoms with Crippen molar-refractivity contribution in [1.29, 1.82) is 0 Å². The van der Waals surface area contributed by atoms with Gasteiger partial charge in [-0.2, -0.15) is 5.10 Å². The molecule has 0 aliphatic heterocycles. The number of rotatable bonds is 8. The number of hydrogen-bond acceptors (Lipinski definition) is 6. The number of carbonyl (C=O) groups is 2. The van der Waals surface area contributed by atoms with Gasteiger partial charge in [-0.1, -0.05) is 36.4 Å². The summed E-state index contributed by atoms with van der Waals surface area (Å²) in [6, 6.07) is 20.7. The summed E-state index contributed by atoms with van der Waals surface area (Å²) in [6.45, 7) is 0.106. The third-order valence-corrected chi connectivity index (χ3v) is 5.90. The van der Waals surface area contributed by atoms with Gasteiger partial charge < -0.3 is 14.4 Å². The van der Waals surface area contributed by atoms with E-state index in [0.29, 0.717) is 23.6 Å². The third kappa shape index (κ3) is 5.12. The topological polar surface area (TPSA) is 73.7 Å². The van der Waals surface area contributed by atoms with Gasteiger partial charge in [0.1, 0.15) is 17.0 Å². The molecule has 168 valence electrons. The Morgan fingerprint density at radius 1 is 1.03 bits per heavy atom. The molecule has 0 aliphatic carbocycles. The molecule has 0 spiro atoms. The molecule has 0 N–H and O–H groups in total. The average molecular weight is 462 g/mol. The summed E-state index contributed by atoms with van der Waals surface area (Å²) >= 11 is 1.57. The van der Waals surface area contributed by atoms with Gasteiger partial charge in [0.05, 0.1) is 19.3 Å². The molecule has 8 heteroatoms. The van der Waals surface area contributed by atoms with Gasteiger partial charge in [0.2, 0.25) is 0 Å². The Morgan fingerprint density at radius 2 is 1.79 bits per heavy atom. The van der Waals surface area contributed by atoms with Crippen LogP contribution in [0.4, 0.5) is 0 Å². The molecule has 0 saturated carbocycles. The predicted octanol–water partition coefficient (Wildman–Crippen LogP) is 4.42. The van der Waals surface area contributed by atoms with Crippen LogP contribution in [-0.2, 0) is 16.1 Å². The van der Waals surface area contributed by atoms with Crippen molar-refractivity contribution in [3.63, 3.8) is 0 Å². The van der Waals surface area contributed by atoms with Crippen molar-refractivity contribution in [1.82, 2.24) is 14.7 Å². The number of benzene rings is 2. The van der Waals surface area contributed by atoms with E-state index in [9.17, 15) is 9.59 Å². The molecule has 7 nitrogen and oxygen atoms in total. The normalized spacial score (nSPS) is 10.6. The van der Waals surface area contributed by atoms with Crippen molar-refractivity contribution in [3.8, 4) is 22.7 Å². The minimum absolute atomic E-state index is 0.247. The maximum Gasteiger partial charge on any atom is 0.342 e. The lowest BCUT2D eigenvalue weighted by atomic mass is 10.1. The summed E-state index contributed by atoms with van der Waals surface area (Å²) in [5.74, 6) is -0.335. The molecule has 4 rings (SSSR count). The molecule has 0 bridgehead atoms. The SMILES string of the molecule is COc1ccccc1-c1nn(-c2ccccc2)cc1C(=O)OCC(=O)N(C)Cc1cccs1. The first kappa shape index (κ1) is 22.3. The van der Waals surface area contributed by atoms with Gasteiger partial charge >= 0.3 is 5.97 Å². The first-order chi connectivity index (χ1) is 16.1. The summed E-state index contributed by atoms with van der Waals surface area (Å²) < 4.78 is 12.5. The van der Waals surface area contributed by atoms with Crippen LogP contribution in [-0.4, -0.2) is 47.3 Å². The maximum atomic E-state index is 13.0. The molecule has 2 aromatic heterocycles. The second-order valence-electron chi connectivity index (χ2n) is 7.28. The van der Waals surface area contributed by atoms with Crippen LogP contribution in [0.15, 0.2) is 78.3 Å². The molecule has 2 aromatic carbocycles. The molecular formula is C25H23N3O4S. The van der Waals surface area contributed by atoms with E-state index in [1.54, 1.807) is 42.4 Å². The highest BCUT2D eigenvalue weighted by Crippen LogP contribution is 2.32. The number of methoxy groups -OCH3 is 1. The van der Waals surface area contributed by atoms with Crippen LogP contribution >= 0.6 is 11.3 Å². The summed E-state index contributed by atoms with van der Waals surface area (Å²) in [4.78, 5) is 28.1. The highest BCUT2D eigenvalue weighted by atomic mass is 32.1. The van der Waals surface area contributed by atoms with E-state index in [0.717, 1.165) is 10.6 Å². The fourth-order valence-corrected chi connectivity index (χ4v) is 4.07. The monoisotopic (exact) mass is 461 g/mol. The number of amides is 1. The zero-order valence-electron chi connectivity index (χ0n) is 18.3. The molecular weight excluding hydrogens is 438 g/mol. The van der Waals surface area contributed by atoms with Crippen LogP contribution in [0.1, 0.15) is 15.2 Å². The van der Waals surface area contributed by atoms with Gasteiger partial charge in [-0.3, -0.25) is 4.79 Å². The molecule has 0 radical (unpaired) electrons. The molecule has 2 heterocycles. The molecule has 0 atom stereocenters. The van der Waals surface area contributed by atoms with Crippen molar-refractivity contribution >= 4 is 23.2 Å². The zero-order valence-corrected chi connectivity index (χ0v) is 19.1. The van der Waals surface area contributed by atoms with E-state index in [2.05, 4.69) is 5.10 Å². The van der Waals surface area contributed by atoms with Crippen molar-refractivity contribution in [2.24, 2.45) is 0 Å². The van der Waals surface area contributed by atoms with Crippen LogP contribution < -0.4 is 4.74 Å². The smallest absolute Gasteiger partial charge is 0.342 e. The Morgan fingerprint density at radius 3 is 2.52 bits per heavy atom. The summed E-state index contributed by atoms with van der Waals surface area (Å²) in [7, 11) is 3.25. The van der Waals surface area contributed by atoms with Gasteiger partial charge in [-0.15, -0.1) is 11.3 Å². The van der Waals surface area contributed by atoms with Gasteiger partial charge in [-0.05, 0) is 35.7 Å². The van der Waals surface area contributed by atoms with E-state index in [1.165, 1.54) is 4.90 Å². The molecule has 1 amide bonds. The van der Waals surface area contributed by atoms with Gasteiger partial charge in [0.15, 0.2) is 6.61 Å². The Hall–Kier alpha value is -3.91. The fourth-order valence-electron chi connectivity index (χ4n) is 3.32. The number of carbonyl (C=O) groups excluding carboxylic acids is 2. The summed E-state index contributed by atoms with van der Waals surface area (Å²) in [6.07, 6.45) is 1.61. The Bertz CT molecular complexity index is 1240. The summed E-state index contributed by atoms with van der Waals surface area (Å²) in [5.41, 5.74) is 2.11. The first-order valence-electron chi connectivity index (χ1n) is 10.3. The van der Waals surface area contributed by atoms with Crippen LogP contribution in [0.5, 0.6) is 5.75 Å². The van der Waals surface area contributed by atoms with E-state index < -0.39 is 5.97 Å². The number of aromatic nitrogens is 2. The second-order valence-corrected chi connectivity index (χ2v) is 8.31. The number of para-hydroxylation sites is 2. The lowest BCUT2D eigenvalue weighted by Crippen LogP contribution is -2.30. The number of likely N-dealkylation sites (N-methyl/N-ethyl adjacent to an activating group) is 1. The Balaban J connectivity index is 1.58. The largest absolute Gasteiger partial charge is 0.496 e. The van der Waals surface area contributed by atoms with E-state index >= 15 is 0 Å². The summed E-state index contributed by atoms with van der Waals surface area (Å²) in [5, 5.41) is 6.59. The van der Waals surface area contributed by atoms with Gasteiger partial charge in [0, 0.05) is 23.7 Å². The quantitative estimate of drug-likeness (QED) is 0.363. The van der Waals surface area contributed by atoms with Crippen LogP contribution in [0, 0.1) is 0 Å². The number of esters is 1. The van der Waals surface area contributed by atoms with E-state index in [1.807, 2.05) is 66.0 Å². The molecule has 0 saturated heterocycles. The van der Waals surface area contributed by atoms with Crippen LogP contribution in [0.25, 0.3) is 16.9 Å². The Labute approximate surface area is 195 Å². The van der Waals surface area contributed by atoms with E-state index in [4.69, 9.17) is 9.47 Å². The number of hydrogen-bond donors (Lipinski definition) is 0. The molecule has 0 aliphatic rings. The maximum absolute atomic E-state index is 13.0. The third-order valence-electron chi connectivity index (χ3n) is 5.04. The van der Waals surface area contributed by atoms with E-state index in [-0.39, 0.29) is 18.1 Å². The lowest BCUT2D eigenvalue weighted by Gasteiger charge is -2.16. The van der Waals surface area contributed by atoms with Crippen molar-refractivity contribution in [3.05, 3.63) is 88.7 Å².